The van der Waals surface area contributed by atoms with Crippen molar-refractivity contribution in [2.75, 3.05) is 13.7 Å². The Kier molecular flexibility index (Phi) is 7.25. The van der Waals surface area contributed by atoms with Crippen LogP contribution in [0.4, 0.5) is 0 Å². The van der Waals surface area contributed by atoms with E-state index in [9.17, 15) is 9.59 Å². The Labute approximate surface area is 127 Å². The molecular weight excluding hydrogens is 324 g/mol. The monoisotopic (exact) mass is 342 g/mol. The Hall–Kier alpha value is -1.40. The second-order valence-electron chi connectivity index (χ2n) is 4.34. The van der Waals surface area contributed by atoms with Crippen LogP contribution in [0.1, 0.15) is 30.9 Å². The van der Waals surface area contributed by atoms with Crippen molar-refractivity contribution in [2.24, 2.45) is 5.73 Å². The van der Waals surface area contributed by atoms with Crippen molar-refractivity contribution < 1.29 is 14.3 Å². The molecule has 1 rings (SSSR count). The fourth-order valence-electron chi connectivity index (χ4n) is 1.73. The molecule has 0 heterocycles. The van der Waals surface area contributed by atoms with Crippen LogP contribution in [0, 0.1) is 0 Å². The second-order valence-corrected chi connectivity index (χ2v) is 5.26. The standard InChI is InChI=1S/C14H19BrN2O3/c1-20-14(19)9-12(17-13(18)3-2-8-16)10-4-6-11(15)7-5-10/h4-7,12H,2-3,8-9,16H2,1H3,(H,17,18). The van der Waals surface area contributed by atoms with Gasteiger partial charge in [0.1, 0.15) is 0 Å². The molecular formula is C14H19BrN2O3. The minimum atomic E-state index is -0.388. The SMILES string of the molecule is COC(=O)CC(NC(=O)CCCN)c1ccc(Br)cc1. The van der Waals surface area contributed by atoms with Gasteiger partial charge in [0.15, 0.2) is 0 Å². The normalized spacial score (nSPS) is 11.8. The zero-order valence-corrected chi connectivity index (χ0v) is 13.0. The maximum absolute atomic E-state index is 11.8. The number of carbonyl (C=O) groups is 2. The van der Waals surface area contributed by atoms with Gasteiger partial charge in [0.2, 0.25) is 5.91 Å². The molecule has 6 heteroatoms. The summed E-state index contributed by atoms with van der Waals surface area (Å²) in [6, 6.07) is 7.07. The van der Waals surface area contributed by atoms with E-state index in [1.807, 2.05) is 24.3 Å². The summed E-state index contributed by atoms with van der Waals surface area (Å²) in [5, 5.41) is 2.84. The lowest BCUT2D eigenvalue weighted by atomic mass is 10.0. The molecule has 3 N–H and O–H groups in total. The summed E-state index contributed by atoms with van der Waals surface area (Å²) < 4.78 is 5.61. The summed E-state index contributed by atoms with van der Waals surface area (Å²) in [7, 11) is 1.33. The van der Waals surface area contributed by atoms with Crippen molar-refractivity contribution in [1.82, 2.24) is 5.32 Å². The zero-order valence-electron chi connectivity index (χ0n) is 11.4. The van der Waals surface area contributed by atoms with Crippen molar-refractivity contribution in [3.63, 3.8) is 0 Å². The number of nitrogens with one attached hydrogen (secondary N) is 1. The second kappa shape index (κ2) is 8.71. The van der Waals surface area contributed by atoms with Crippen LogP contribution in [0.5, 0.6) is 0 Å². The molecule has 20 heavy (non-hydrogen) atoms. The summed E-state index contributed by atoms with van der Waals surface area (Å²) >= 11 is 3.35. The van der Waals surface area contributed by atoms with E-state index in [2.05, 4.69) is 26.0 Å². The van der Waals surface area contributed by atoms with Crippen LogP contribution < -0.4 is 11.1 Å². The molecule has 0 saturated carbocycles. The molecule has 0 aromatic heterocycles. The van der Waals surface area contributed by atoms with Crippen molar-refractivity contribution in [3.05, 3.63) is 34.3 Å². The lowest BCUT2D eigenvalue weighted by Crippen LogP contribution is -2.30. The van der Waals surface area contributed by atoms with Gasteiger partial charge < -0.3 is 15.8 Å². The van der Waals surface area contributed by atoms with E-state index >= 15 is 0 Å². The van der Waals surface area contributed by atoms with E-state index in [0.717, 1.165) is 10.0 Å². The summed E-state index contributed by atoms with van der Waals surface area (Å²) in [5.41, 5.74) is 6.24. The van der Waals surface area contributed by atoms with E-state index in [1.54, 1.807) is 0 Å². The van der Waals surface area contributed by atoms with Crippen LogP contribution in [-0.4, -0.2) is 25.5 Å². The summed E-state index contributed by atoms with van der Waals surface area (Å²) in [5.74, 6) is -0.482. The number of benzene rings is 1. The van der Waals surface area contributed by atoms with Crippen molar-refractivity contribution >= 4 is 27.8 Å². The largest absolute Gasteiger partial charge is 0.469 e. The minimum absolute atomic E-state index is 0.104. The van der Waals surface area contributed by atoms with E-state index in [4.69, 9.17) is 5.73 Å². The van der Waals surface area contributed by atoms with Gasteiger partial charge in [-0.05, 0) is 30.7 Å². The zero-order chi connectivity index (χ0) is 15.0. The third kappa shape index (κ3) is 5.71. The molecule has 0 bridgehead atoms. The third-order valence-corrected chi connectivity index (χ3v) is 3.34. The van der Waals surface area contributed by atoms with E-state index in [0.29, 0.717) is 19.4 Å². The number of carbonyl (C=O) groups excluding carboxylic acids is 2. The number of hydrogen-bond acceptors (Lipinski definition) is 4. The fraction of sp³-hybridized carbons (Fsp3) is 0.429. The first-order valence-electron chi connectivity index (χ1n) is 6.38. The summed E-state index contributed by atoms with van der Waals surface area (Å²) in [6.45, 7) is 0.466. The lowest BCUT2D eigenvalue weighted by Gasteiger charge is -2.18. The van der Waals surface area contributed by atoms with Gasteiger partial charge in [0, 0.05) is 10.9 Å². The average molecular weight is 343 g/mol. The highest BCUT2D eigenvalue weighted by atomic mass is 79.9. The number of methoxy groups -OCH3 is 1. The molecule has 0 spiro atoms. The average Bonchev–Trinajstić information content (AvgIpc) is 2.45. The lowest BCUT2D eigenvalue weighted by molar-refractivity contribution is -0.141. The Balaban J connectivity index is 2.76. The molecule has 0 aliphatic heterocycles. The molecule has 1 atom stereocenters. The summed E-state index contributed by atoms with van der Waals surface area (Å²) in [4.78, 5) is 23.2. The highest BCUT2D eigenvalue weighted by molar-refractivity contribution is 9.10. The number of hydrogen-bond donors (Lipinski definition) is 2. The quantitative estimate of drug-likeness (QED) is 0.741. The number of halogens is 1. The van der Waals surface area contributed by atoms with Gasteiger partial charge in [-0.2, -0.15) is 0 Å². The van der Waals surface area contributed by atoms with E-state index in [1.165, 1.54) is 7.11 Å². The van der Waals surface area contributed by atoms with Gasteiger partial charge in [-0.1, -0.05) is 28.1 Å². The molecule has 0 aliphatic carbocycles. The van der Waals surface area contributed by atoms with Gasteiger partial charge >= 0.3 is 5.97 Å². The number of nitrogens with two attached hydrogens (primary N) is 1. The number of rotatable bonds is 7. The third-order valence-electron chi connectivity index (χ3n) is 2.81. The summed E-state index contributed by atoms with van der Waals surface area (Å²) in [6.07, 6.45) is 1.08. The molecule has 0 saturated heterocycles. The first-order chi connectivity index (χ1) is 9.56. The number of esters is 1. The maximum atomic E-state index is 11.8. The van der Waals surface area contributed by atoms with Crippen LogP contribution in [0.2, 0.25) is 0 Å². The van der Waals surface area contributed by atoms with Crippen molar-refractivity contribution in [3.8, 4) is 0 Å². The van der Waals surface area contributed by atoms with Gasteiger partial charge in [-0.3, -0.25) is 9.59 Å². The number of ether oxygens (including phenoxy) is 1. The first kappa shape index (κ1) is 16.7. The Morgan fingerprint density at radius 1 is 1.35 bits per heavy atom. The van der Waals surface area contributed by atoms with Gasteiger partial charge in [-0.15, -0.1) is 0 Å². The van der Waals surface area contributed by atoms with Crippen LogP contribution >= 0.6 is 15.9 Å². The smallest absolute Gasteiger partial charge is 0.307 e. The van der Waals surface area contributed by atoms with Crippen molar-refractivity contribution in [2.45, 2.75) is 25.3 Å². The van der Waals surface area contributed by atoms with Crippen LogP contribution in [0.25, 0.3) is 0 Å². The predicted molar refractivity (Wildman–Crippen MR) is 79.9 cm³/mol. The van der Waals surface area contributed by atoms with Gasteiger partial charge in [-0.25, -0.2) is 0 Å². The van der Waals surface area contributed by atoms with Crippen molar-refractivity contribution in [1.29, 1.82) is 0 Å². The molecule has 0 aliphatic rings. The Morgan fingerprint density at radius 3 is 2.55 bits per heavy atom. The highest BCUT2D eigenvalue weighted by Gasteiger charge is 2.18. The highest BCUT2D eigenvalue weighted by Crippen LogP contribution is 2.20. The molecule has 0 radical (unpaired) electrons. The number of amides is 1. The molecule has 110 valence electrons. The van der Waals surface area contributed by atoms with E-state index < -0.39 is 0 Å². The maximum Gasteiger partial charge on any atom is 0.307 e. The Bertz CT molecular complexity index is 448. The van der Waals surface area contributed by atoms with Crippen LogP contribution in [-0.2, 0) is 14.3 Å². The van der Waals surface area contributed by atoms with Gasteiger partial charge in [0.25, 0.3) is 0 Å². The first-order valence-corrected chi connectivity index (χ1v) is 7.17. The van der Waals surface area contributed by atoms with Crippen LogP contribution in [0.3, 0.4) is 0 Å². The van der Waals surface area contributed by atoms with Gasteiger partial charge in [0.05, 0.1) is 19.6 Å². The predicted octanol–water partition coefficient (Wildman–Crippen LogP) is 1.91. The fourth-order valence-corrected chi connectivity index (χ4v) is 1.99. The Morgan fingerprint density at radius 2 is 2.00 bits per heavy atom. The molecule has 5 nitrogen and oxygen atoms in total. The molecule has 0 fully saturated rings. The molecule has 1 amide bonds. The minimum Gasteiger partial charge on any atom is -0.469 e. The molecule has 1 aromatic rings. The van der Waals surface area contributed by atoms with Crippen LogP contribution in [0.15, 0.2) is 28.7 Å². The van der Waals surface area contributed by atoms with E-state index in [-0.39, 0.29) is 24.3 Å². The molecule has 1 aromatic carbocycles. The molecule has 1 unspecified atom stereocenters. The topological polar surface area (TPSA) is 81.4 Å².